The zero-order chi connectivity index (χ0) is 16.2. The molecular weight excluding hydrogens is 304 g/mol. The smallest absolute Gasteiger partial charge is 0.255 e. The van der Waals surface area contributed by atoms with Gasteiger partial charge in [0, 0.05) is 19.2 Å². The molecule has 1 saturated carbocycles. The van der Waals surface area contributed by atoms with Crippen molar-refractivity contribution in [2.75, 3.05) is 26.0 Å². The van der Waals surface area contributed by atoms with Crippen LogP contribution in [0, 0.1) is 5.41 Å². The molecule has 1 fully saturated rings. The van der Waals surface area contributed by atoms with Gasteiger partial charge in [-0.15, -0.1) is 0 Å². The normalized spacial score (nSPS) is 16.5. The first-order chi connectivity index (χ1) is 10.5. The van der Waals surface area contributed by atoms with Gasteiger partial charge in [0.25, 0.3) is 5.91 Å². The van der Waals surface area contributed by atoms with Gasteiger partial charge in [0.1, 0.15) is 5.75 Å². The Hall–Kier alpha value is -1.46. The van der Waals surface area contributed by atoms with Crippen molar-refractivity contribution in [1.29, 1.82) is 0 Å². The van der Waals surface area contributed by atoms with Crippen molar-refractivity contribution >= 4 is 23.2 Å². The lowest BCUT2D eigenvalue weighted by Crippen LogP contribution is -2.36. The van der Waals surface area contributed by atoms with Crippen LogP contribution in [-0.2, 0) is 0 Å². The van der Waals surface area contributed by atoms with Gasteiger partial charge >= 0.3 is 0 Å². The Morgan fingerprint density at radius 3 is 2.73 bits per heavy atom. The average Bonchev–Trinajstić information content (AvgIpc) is 2.96. The lowest BCUT2D eigenvalue weighted by atomic mass is 9.83. The first kappa shape index (κ1) is 16.9. The number of nitrogens with two attached hydrogens (primary N) is 1. The Morgan fingerprint density at radius 2 is 2.14 bits per heavy atom. The molecule has 0 aromatic heterocycles. The molecule has 4 N–H and O–H groups in total. The maximum Gasteiger partial charge on any atom is 0.255 e. The molecule has 2 rings (SSSR count). The number of nitrogens with one attached hydrogen (secondary N) is 1. The van der Waals surface area contributed by atoms with E-state index in [4.69, 9.17) is 22.1 Å². The average molecular weight is 327 g/mol. The summed E-state index contributed by atoms with van der Waals surface area (Å²) < 4.78 is 5.21. The number of rotatable bonds is 6. The van der Waals surface area contributed by atoms with E-state index in [1.807, 2.05) is 0 Å². The van der Waals surface area contributed by atoms with Crippen molar-refractivity contribution in [2.24, 2.45) is 5.41 Å². The minimum Gasteiger partial charge on any atom is -0.496 e. The van der Waals surface area contributed by atoms with Crippen LogP contribution in [-0.4, -0.2) is 31.3 Å². The number of halogens is 1. The van der Waals surface area contributed by atoms with Crippen molar-refractivity contribution in [1.82, 2.24) is 5.32 Å². The standard InChI is InChI=1S/C16H23ClN2O3/c1-22-14-9-13(18)12(17)8-11(14)15(21)19-10-16(6-7-20)4-2-3-5-16/h8-9,20H,2-7,10,18H2,1H3,(H,19,21). The number of methoxy groups -OCH3 is 1. The summed E-state index contributed by atoms with van der Waals surface area (Å²) in [6.45, 7) is 0.699. The number of carbonyl (C=O) groups excluding carboxylic acids is 1. The van der Waals surface area contributed by atoms with E-state index in [2.05, 4.69) is 5.32 Å². The second-order valence-corrected chi connectivity index (χ2v) is 6.34. The van der Waals surface area contributed by atoms with Gasteiger partial charge < -0.3 is 20.9 Å². The number of aliphatic hydroxyl groups excluding tert-OH is 1. The number of carbonyl (C=O) groups is 1. The molecule has 1 aliphatic carbocycles. The van der Waals surface area contributed by atoms with Gasteiger partial charge in [-0.1, -0.05) is 24.4 Å². The maximum absolute atomic E-state index is 12.4. The zero-order valence-corrected chi connectivity index (χ0v) is 13.6. The molecule has 0 bridgehead atoms. The summed E-state index contributed by atoms with van der Waals surface area (Å²) >= 11 is 6.00. The van der Waals surface area contributed by atoms with Crippen LogP contribution >= 0.6 is 11.6 Å². The second-order valence-electron chi connectivity index (χ2n) is 5.94. The fraction of sp³-hybridized carbons (Fsp3) is 0.562. The first-order valence-electron chi connectivity index (χ1n) is 7.53. The van der Waals surface area contributed by atoms with Crippen LogP contribution in [0.1, 0.15) is 42.5 Å². The third-order valence-corrected chi connectivity index (χ3v) is 4.82. The molecule has 0 aliphatic heterocycles. The highest BCUT2D eigenvalue weighted by Crippen LogP contribution is 2.40. The summed E-state index contributed by atoms with van der Waals surface area (Å²) in [5.74, 6) is 0.171. The Bertz CT molecular complexity index is 542. The summed E-state index contributed by atoms with van der Waals surface area (Å²) in [6, 6.07) is 3.08. The van der Waals surface area contributed by atoms with Crippen molar-refractivity contribution in [2.45, 2.75) is 32.1 Å². The maximum atomic E-state index is 12.4. The lowest BCUT2D eigenvalue weighted by molar-refractivity contribution is 0.0913. The number of hydrogen-bond donors (Lipinski definition) is 3. The Morgan fingerprint density at radius 1 is 1.45 bits per heavy atom. The van der Waals surface area contributed by atoms with Crippen molar-refractivity contribution < 1.29 is 14.6 Å². The van der Waals surface area contributed by atoms with E-state index in [1.54, 1.807) is 6.07 Å². The highest BCUT2D eigenvalue weighted by Gasteiger charge is 2.33. The van der Waals surface area contributed by atoms with E-state index in [9.17, 15) is 9.90 Å². The molecule has 122 valence electrons. The van der Waals surface area contributed by atoms with E-state index in [0.717, 1.165) is 25.7 Å². The van der Waals surface area contributed by atoms with E-state index < -0.39 is 0 Å². The predicted octanol–water partition coefficient (Wildman–Crippen LogP) is 2.60. The third-order valence-electron chi connectivity index (χ3n) is 4.49. The predicted molar refractivity (Wildman–Crippen MR) is 87.4 cm³/mol. The van der Waals surface area contributed by atoms with Gasteiger partial charge in [0.05, 0.1) is 23.4 Å². The largest absolute Gasteiger partial charge is 0.496 e. The van der Waals surface area contributed by atoms with Gasteiger partial charge in [-0.2, -0.15) is 0 Å². The van der Waals surface area contributed by atoms with Crippen LogP contribution < -0.4 is 15.8 Å². The first-order valence-corrected chi connectivity index (χ1v) is 7.91. The molecule has 0 saturated heterocycles. The SMILES string of the molecule is COc1cc(N)c(Cl)cc1C(=O)NCC1(CCO)CCCC1. The van der Waals surface area contributed by atoms with Crippen LogP contribution in [0.25, 0.3) is 0 Å². The van der Waals surface area contributed by atoms with Gasteiger partial charge in [-0.05, 0) is 30.7 Å². The van der Waals surface area contributed by atoms with Crippen molar-refractivity contribution in [3.8, 4) is 5.75 Å². The highest BCUT2D eigenvalue weighted by molar-refractivity contribution is 6.33. The minimum atomic E-state index is -0.233. The van der Waals surface area contributed by atoms with Crippen LogP contribution in [0.5, 0.6) is 5.75 Å². The van der Waals surface area contributed by atoms with Crippen LogP contribution in [0.2, 0.25) is 5.02 Å². The van der Waals surface area contributed by atoms with E-state index in [1.165, 1.54) is 13.2 Å². The number of benzene rings is 1. The molecular formula is C16H23ClN2O3. The van der Waals surface area contributed by atoms with Crippen molar-refractivity contribution in [3.05, 3.63) is 22.7 Å². The van der Waals surface area contributed by atoms with Gasteiger partial charge in [0.15, 0.2) is 0 Å². The fourth-order valence-electron chi connectivity index (χ4n) is 3.16. The number of aliphatic hydroxyl groups is 1. The van der Waals surface area contributed by atoms with Crippen LogP contribution in [0.3, 0.4) is 0 Å². The summed E-state index contributed by atoms with van der Waals surface area (Å²) in [5.41, 5.74) is 6.49. The number of amides is 1. The molecule has 6 heteroatoms. The van der Waals surface area contributed by atoms with Gasteiger partial charge in [-0.3, -0.25) is 4.79 Å². The zero-order valence-electron chi connectivity index (χ0n) is 12.8. The lowest BCUT2D eigenvalue weighted by Gasteiger charge is -2.28. The summed E-state index contributed by atoms with van der Waals surface area (Å²) in [7, 11) is 1.49. The minimum absolute atomic E-state index is 0.00917. The fourth-order valence-corrected chi connectivity index (χ4v) is 3.32. The second kappa shape index (κ2) is 7.20. The van der Waals surface area contributed by atoms with Gasteiger partial charge in [-0.25, -0.2) is 0 Å². The Kier molecular flexibility index (Phi) is 5.53. The molecule has 1 amide bonds. The number of hydrogen-bond acceptors (Lipinski definition) is 4. The quantitative estimate of drug-likeness (QED) is 0.701. The molecule has 0 heterocycles. The molecule has 0 spiro atoms. The monoisotopic (exact) mass is 326 g/mol. The van der Waals surface area contributed by atoms with E-state index in [0.29, 0.717) is 35.0 Å². The topological polar surface area (TPSA) is 84.6 Å². The van der Waals surface area contributed by atoms with E-state index >= 15 is 0 Å². The summed E-state index contributed by atoms with van der Waals surface area (Å²) in [4.78, 5) is 12.4. The van der Waals surface area contributed by atoms with Crippen molar-refractivity contribution in [3.63, 3.8) is 0 Å². The third kappa shape index (κ3) is 3.65. The molecule has 1 aromatic carbocycles. The molecule has 1 aromatic rings. The highest BCUT2D eigenvalue weighted by atomic mass is 35.5. The molecule has 22 heavy (non-hydrogen) atoms. The number of anilines is 1. The Labute approximate surface area is 135 Å². The van der Waals surface area contributed by atoms with Crippen LogP contribution in [0.4, 0.5) is 5.69 Å². The van der Waals surface area contributed by atoms with Crippen LogP contribution in [0.15, 0.2) is 12.1 Å². The number of ether oxygens (including phenoxy) is 1. The number of nitrogen functional groups attached to an aromatic ring is 1. The molecule has 0 unspecified atom stereocenters. The molecule has 1 aliphatic rings. The van der Waals surface area contributed by atoms with Gasteiger partial charge in [0.2, 0.25) is 0 Å². The summed E-state index contributed by atoms with van der Waals surface area (Å²) in [6.07, 6.45) is 5.08. The molecule has 5 nitrogen and oxygen atoms in total. The Balaban J connectivity index is 2.10. The molecule has 0 radical (unpaired) electrons. The summed E-state index contributed by atoms with van der Waals surface area (Å²) in [5, 5.41) is 12.5. The van der Waals surface area contributed by atoms with E-state index in [-0.39, 0.29) is 17.9 Å². The molecule has 0 atom stereocenters.